The first-order chi connectivity index (χ1) is 9.94. The minimum Gasteiger partial charge on any atom is -0.456 e. The summed E-state index contributed by atoms with van der Waals surface area (Å²) in [6.45, 7) is 8.46. The van der Waals surface area contributed by atoms with Crippen molar-refractivity contribution in [3.63, 3.8) is 0 Å². The van der Waals surface area contributed by atoms with Crippen molar-refractivity contribution in [1.82, 2.24) is 0 Å². The van der Waals surface area contributed by atoms with Gasteiger partial charge in [0.2, 0.25) is 0 Å². The lowest BCUT2D eigenvalue weighted by molar-refractivity contribution is -0.0285. The van der Waals surface area contributed by atoms with E-state index in [1.54, 1.807) is 0 Å². The average molecular weight is 288 g/mol. The predicted octanol–water partition coefficient (Wildman–Crippen LogP) is 5.33. The van der Waals surface area contributed by atoms with Crippen molar-refractivity contribution >= 4 is 5.97 Å². The molecule has 0 aliphatic heterocycles. The van der Waals surface area contributed by atoms with E-state index in [2.05, 4.69) is 33.8 Å². The van der Waals surface area contributed by atoms with Gasteiger partial charge in [-0.2, -0.15) is 0 Å². The second-order valence-electron chi connectivity index (χ2n) is 6.91. The van der Waals surface area contributed by atoms with Crippen molar-refractivity contribution in [2.45, 2.75) is 71.3 Å². The smallest absolute Gasteiger partial charge is 0.338 e. The maximum atomic E-state index is 12.5. The zero-order valence-electron chi connectivity index (χ0n) is 13.8. The van der Waals surface area contributed by atoms with Crippen LogP contribution in [0, 0.1) is 5.92 Å². The summed E-state index contributed by atoms with van der Waals surface area (Å²) in [4.78, 5) is 12.5. The predicted molar refractivity (Wildman–Crippen MR) is 86.6 cm³/mol. The molecule has 1 aromatic carbocycles. The Kier molecular flexibility index (Phi) is 5.08. The van der Waals surface area contributed by atoms with Crippen LogP contribution in [0.25, 0.3) is 0 Å². The van der Waals surface area contributed by atoms with Crippen molar-refractivity contribution < 1.29 is 9.53 Å². The minimum absolute atomic E-state index is 0.183. The molecule has 2 nitrogen and oxygen atoms in total. The maximum absolute atomic E-state index is 12.5. The molecule has 1 aliphatic rings. The number of esters is 1. The van der Waals surface area contributed by atoms with E-state index in [1.807, 2.05) is 18.2 Å². The van der Waals surface area contributed by atoms with E-state index in [1.165, 1.54) is 31.2 Å². The molecule has 0 radical (unpaired) electrons. The Labute approximate surface area is 128 Å². The van der Waals surface area contributed by atoms with Gasteiger partial charge in [-0.3, -0.25) is 0 Å². The van der Waals surface area contributed by atoms with Gasteiger partial charge >= 0.3 is 5.97 Å². The number of carbonyl (C=O) groups is 1. The summed E-state index contributed by atoms with van der Waals surface area (Å²) in [7, 11) is 0. The van der Waals surface area contributed by atoms with Crippen LogP contribution in [0.2, 0.25) is 0 Å². The molecule has 0 amide bonds. The Balaban J connectivity index is 2.09. The molecule has 1 atom stereocenters. The largest absolute Gasteiger partial charge is 0.456 e. The number of carbonyl (C=O) groups excluding carboxylic acids is 1. The second-order valence-corrected chi connectivity index (χ2v) is 6.91. The molecule has 2 rings (SSSR count). The number of benzene rings is 1. The van der Waals surface area contributed by atoms with E-state index >= 15 is 0 Å². The number of hydrogen-bond donors (Lipinski definition) is 0. The molecule has 0 spiro atoms. The van der Waals surface area contributed by atoms with Gasteiger partial charge in [0.05, 0.1) is 5.56 Å². The fourth-order valence-corrected chi connectivity index (χ4v) is 3.21. The van der Waals surface area contributed by atoms with Crippen LogP contribution in [0.5, 0.6) is 0 Å². The third-order valence-corrected chi connectivity index (χ3v) is 5.00. The fourth-order valence-electron chi connectivity index (χ4n) is 3.21. The maximum Gasteiger partial charge on any atom is 0.338 e. The monoisotopic (exact) mass is 288 g/mol. The van der Waals surface area contributed by atoms with Gasteiger partial charge in [-0.1, -0.05) is 38.8 Å². The Hall–Kier alpha value is -1.31. The molecule has 1 aliphatic carbocycles. The standard InChI is InChI=1S/C19H28O2/c1-5-14(2)15-9-8-10-16(13-15)18(20)21-19(3,4)17-11-6-7-12-17/h8-10,13-14,17H,5-7,11-12H2,1-4H3. The lowest BCUT2D eigenvalue weighted by Crippen LogP contribution is -2.35. The first-order valence-electron chi connectivity index (χ1n) is 8.27. The lowest BCUT2D eigenvalue weighted by Gasteiger charge is -2.31. The number of ether oxygens (including phenoxy) is 1. The van der Waals surface area contributed by atoms with Gasteiger partial charge in [0.15, 0.2) is 0 Å². The average Bonchev–Trinajstić information content (AvgIpc) is 3.01. The molecule has 0 aromatic heterocycles. The lowest BCUT2D eigenvalue weighted by atomic mass is 9.89. The van der Waals surface area contributed by atoms with Gasteiger partial charge in [0, 0.05) is 0 Å². The normalized spacial score (nSPS) is 17.7. The zero-order valence-corrected chi connectivity index (χ0v) is 13.8. The topological polar surface area (TPSA) is 26.3 Å². The Morgan fingerprint density at radius 3 is 2.62 bits per heavy atom. The minimum atomic E-state index is -0.361. The van der Waals surface area contributed by atoms with Crippen LogP contribution in [0.3, 0.4) is 0 Å². The van der Waals surface area contributed by atoms with E-state index in [0.717, 1.165) is 6.42 Å². The molecule has 1 aromatic rings. The van der Waals surface area contributed by atoms with Crippen molar-refractivity contribution in [2.75, 3.05) is 0 Å². The molecule has 0 heterocycles. The van der Waals surface area contributed by atoms with Crippen LogP contribution in [0.15, 0.2) is 24.3 Å². The second kappa shape index (κ2) is 6.64. The molecule has 21 heavy (non-hydrogen) atoms. The summed E-state index contributed by atoms with van der Waals surface area (Å²) in [5.74, 6) is 0.789. The highest BCUT2D eigenvalue weighted by Gasteiger charge is 2.35. The van der Waals surface area contributed by atoms with Gasteiger partial charge in [0.1, 0.15) is 5.60 Å². The molecular formula is C19H28O2. The molecule has 0 saturated heterocycles. The molecular weight excluding hydrogens is 260 g/mol. The van der Waals surface area contributed by atoms with Gasteiger partial charge < -0.3 is 4.74 Å². The van der Waals surface area contributed by atoms with Gasteiger partial charge in [-0.25, -0.2) is 4.79 Å². The van der Waals surface area contributed by atoms with Crippen LogP contribution in [-0.4, -0.2) is 11.6 Å². The summed E-state index contributed by atoms with van der Waals surface area (Å²) >= 11 is 0. The van der Waals surface area contributed by atoms with Crippen LogP contribution >= 0.6 is 0 Å². The van der Waals surface area contributed by atoms with Crippen molar-refractivity contribution in [1.29, 1.82) is 0 Å². The van der Waals surface area contributed by atoms with Crippen LogP contribution < -0.4 is 0 Å². The van der Waals surface area contributed by atoms with E-state index < -0.39 is 0 Å². The quantitative estimate of drug-likeness (QED) is 0.685. The van der Waals surface area contributed by atoms with Crippen LogP contribution in [0.1, 0.15) is 81.6 Å². The number of hydrogen-bond acceptors (Lipinski definition) is 2. The number of rotatable bonds is 5. The Bertz CT molecular complexity index is 484. The third kappa shape index (κ3) is 3.87. The Morgan fingerprint density at radius 1 is 1.33 bits per heavy atom. The molecule has 1 fully saturated rings. The van der Waals surface area contributed by atoms with Gasteiger partial charge in [0.25, 0.3) is 0 Å². The SMILES string of the molecule is CCC(C)c1cccc(C(=O)OC(C)(C)C2CCCC2)c1. The van der Waals surface area contributed by atoms with Crippen molar-refractivity contribution in [2.24, 2.45) is 5.92 Å². The zero-order chi connectivity index (χ0) is 15.5. The van der Waals surface area contributed by atoms with E-state index in [9.17, 15) is 4.79 Å². The van der Waals surface area contributed by atoms with Crippen molar-refractivity contribution in [3.05, 3.63) is 35.4 Å². The molecule has 2 heteroatoms. The van der Waals surface area contributed by atoms with Crippen molar-refractivity contribution in [3.8, 4) is 0 Å². The Morgan fingerprint density at radius 2 is 2.00 bits per heavy atom. The molecule has 0 bridgehead atoms. The first-order valence-corrected chi connectivity index (χ1v) is 8.27. The highest BCUT2D eigenvalue weighted by Crippen LogP contribution is 2.36. The van der Waals surface area contributed by atoms with Crippen LogP contribution in [-0.2, 0) is 4.74 Å². The van der Waals surface area contributed by atoms with Gasteiger partial charge in [-0.05, 0) is 62.6 Å². The summed E-state index contributed by atoms with van der Waals surface area (Å²) in [5.41, 5.74) is 1.53. The van der Waals surface area contributed by atoms with Gasteiger partial charge in [-0.15, -0.1) is 0 Å². The fraction of sp³-hybridized carbons (Fsp3) is 0.632. The molecule has 1 saturated carbocycles. The van der Waals surface area contributed by atoms with Crippen LogP contribution in [0.4, 0.5) is 0 Å². The summed E-state index contributed by atoms with van der Waals surface area (Å²) in [5, 5.41) is 0. The molecule has 116 valence electrons. The van der Waals surface area contributed by atoms with E-state index in [4.69, 9.17) is 4.74 Å². The summed E-state index contributed by atoms with van der Waals surface area (Å²) < 4.78 is 5.84. The highest BCUT2D eigenvalue weighted by atomic mass is 16.6. The first kappa shape index (κ1) is 16.1. The van der Waals surface area contributed by atoms with E-state index in [-0.39, 0.29) is 11.6 Å². The third-order valence-electron chi connectivity index (χ3n) is 5.00. The highest BCUT2D eigenvalue weighted by molar-refractivity contribution is 5.89. The summed E-state index contributed by atoms with van der Waals surface area (Å²) in [6, 6.07) is 7.90. The molecule has 0 N–H and O–H groups in total. The van der Waals surface area contributed by atoms with E-state index in [0.29, 0.717) is 17.4 Å². The molecule has 1 unspecified atom stereocenters. The summed E-state index contributed by atoms with van der Waals surface area (Å²) in [6.07, 6.45) is 5.94.